The summed E-state index contributed by atoms with van der Waals surface area (Å²) in [6, 6.07) is 5.10. The molecule has 1 fully saturated rings. The van der Waals surface area contributed by atoms with Gasteiger partial charge in [0.25, 0.3) is 0 Å². The third kappa shape index (κ3) is 2.44. The van der Waals surface area contributed by atoms with Crippen molar-refractivity contribution in [1.82, 2.24) is 0 Å². The first kappa shape index (κ1) is 11.6. The van der Waals surface area contributed by atoms with E-state index in [1.165, 1.54) is 6.26 Å². The van der Waals surface area contributed by atoms with Gasteiger partial charge in [-0.25, -0.2) is 8.42 Å². The fourth-order valence-corrected chi connectivity index (χ4v) is 2.42. The number of hydrogen-bond donors (Lipinski definition) is 1. The van der Waals surface area contributed by atoms with Crippen molar-refractivity contribution >= 4 is 9.84 Å². The molecule has 0 radical (unpaired) electrons. The number of aliphatic hydroxyl groups is 1. The third-order valence-electron chi connectivity index (χ3n) is 3.10. The second-order valence-electron chi connectivity index (χ2n) is 4.76. The molecule has 4 heteroatoms. The quantitative estimate of drug-likeness (QED) is 0.870. The van der Waals surface area contributed by atoms with Crippen LogP contribution in [0.25, 0.3) is 0 Å². The molecule has 16 heavy (non-hydrogen) atoms. The maximum Gasteiger partial charge on any atom is 0.175 e. The van der Waals surface area contributed by atoms with Gasteiger partial charge in [0, 0.05) is 12.7 Å². The molecular weight excluding hydrogens is 224 g/mol. The zero-order chi connectivity index (χ0) is 12.0. The number of sulfone groups is 1. The molecule has 0 amide bonds. The number of hydrogen-bond acceptors (Lipinski definition) is 3. The Labute approximate surface area is 96.0 Å². The highest BCUT2D eigenvalue weighted by Gasteiger charge is 2.40. The highest BCUT2D eigenvalue weighted by atomic mass is 32.2. The Morgan fingerprint density at radius 1 is 1.38 bits per heavy atom. The van der Waals surface area contributed by atoms with Gasteiger partial charge in [-0.15, -0.1) is 0 Å². The Morgan fingerprint density at radius 3 is 2.50 bits per heavy atom. The van der Waals surface area contributed by atoms with E-state index in [0.29, 0.717) is 11.3 Å². The molecule has 1 saturated carbocycles. The highest BCUT2D eigenvalue weighted by Crippen LogP contribution is 2.39. The van der Waals surface area contributed by atoms with E-state index in [9.17, 15) is 13.5 Å². The number of benzene rings is 1. The lowest BCUT2D eigenvalue weighted by molar-refractivity contribution is 0.150. The molecule has 0 saturated heterocycles. The fraction of sp³-hybridized carbons (Fsp3) is 0.500. The van der Waals surface area contributed by atoms with Crippen LogP contribution in [0.1, 0.15) is 24.0 Å². The molecule has 0 bridgehead atoms. The lowest BCUT2D eigenvalue weighted by Gasteiger charge is -2.11. The zero-order valence-corrected chi connectivity index (χ0v) is 10.3. The van der Waals surface area contributed by atoms with Crippen molar-refractivity contribution in [2.24, 2.45) is 0 Å². The van der Waals surface area contributed by atoms with Crippen LogP contribution in [0.2, 0.25) is 0 Å². The van der Waals surface area contributed by atoms with Crippen LogP contribution >= 0.6 is 0 Å². The smallest absolute Gasteiger partial charge is 0.175 e. The lowest BCUT2D eigenvalue weighted by Crippen LogP contribution is -2.12. The second kappa shape index (κ2) is 3.57. The lowest BCUT2D eigenvalue weighted by atomic mass is 10.0. The summed E-state index contributed by atoms with van der Waals surface area (Å²) in [5, 5.41) is 9.85. The van der Waals surface area contributed by atoms with E-state index in [1.54, 1.807) is 18.2 Å². The van der Waals surface area contributed by atoms with Gasteiger partial charge >= 0.3 is 0 Å². The Kier molecular flexibility index (Phi) is 2.59. The zero-order valence-electron chi connectivity index (χ0n) is 9.53. The molecule has 1 aromatic rings. The normalized spacial score (nSPS) is 18.4. The summed E-state index contributed by atoms with van der Waals surface area (Å²) in [6.07, 6.45) is 3.39. The minimum Gasteiger partial charge on any atom is -0.390 e. The van der Waals surface area contributed by atoms with E-state index in [2.05, 4.69) is 0 Å². The van der Waals surface area contributed by atoms with E-state index in [-0.39, 0.29) is 0 Å². The van der Waals surface area contributed by atoms with E-state index in [0.717, 1.165) is 24.0 Å². The van der Waals surface area contributed by atoms with Gasteiger partial charge in [0.2, 0.25) is 0 Å². The molecule has 0 unspecified atom stereocenters. The summed E-state index contributed by atoms with van der Waals surface area (Å²) < 4.78 is 22.8. The average molecular weight is 240 g/mol. The molecule has 0 aromatic heterocycles. The van der Waals surface area contributed by atoms with Gasteiger partial charge in [-0.05, 0) is 43.0 Å². The van der Waals surface area contributed by atoms with Gasteiger partial charge in [-0.3, -0.25) is 0 Å². The van der Waals surface area contributed by atoms with Gasteiger partial charge in [0.05, 0.1) is 10.5 Å². The first-order valence-electron chi connectivity index (χ1n) is 5.32. The molecule has 2 rings (SSSR count). The van der Waals surface area contributed by atoms with E-state index < -0.39 is 15.4 Å². The van der Waals surface area contributed by atoms with Crippen LogP contribution in [0.15, 0.2) is 23.1 Å². The highest BCUT2D eigenvalue weighted by molar-refractivity contribution is 7.90. The maximum atomic E-state index is 11.4. The van der Waals surface area contributed by atoms with Crippen molar-refractivity contribution in [2.45, 2.75) is 36.7 Å². The van der Waals surface area contributed by atoms with Crippen molar-refractivity contribution in [1.29, 1.82) is 0 Å². The first-order chi connectivity index (χ1) is 7.30. The Bertz CT molecular complexity index is 513. The van der Waals surface area contributed by atoms with Gasteiger partial charge in [-0.2, -0.15) is 0 Å². The van der Waals surface area contributed by atoms with Crippen LogP contribution in [0.4, 0.5) is 0 Å². The molecule has 1 aliphatic rings. The van der Waals surface area contributed by atoms with Crippen LogP contribution < -0.4 is 0 Å². The molecule has 1 aliphatic carbocycles. The Hall–Kier alpha value is -0.870. The molecular formula is C12H16O3S. The molecule has 0 spiro atoms. The minimum absolute atomic E-state index is 0.331. The predicted molar refractivity (Wildman–Crippen MR) is 62.2 cm³/mol. The third-order valence-corrected chi connectivity index (χ3v) is 4.21. The summed E-state index contributed by atoms with van der Waals surface area (Å²) in [5.74, 6) is 0. The summed E-state index contributed by atoms with van der Waals surface area (Å²) in [6.45, 7) is 1.94. The van der Waals surface area contributed by atoms with Gasteiger partial charge in [0.1, 0.15) is 0 Å². The minimum atomic E-state index is -3.16. The van der Waals surface area contributed by atoms with Crippen LogP contribution in [0, 0.1) is 6.92 Å². The maximum absolute atomic E-state index is 11.4. The number of aryl methyl sites for hydroxylation is 1. The van der Waals surface area contributed by atoms with Crippen LogP contribution in [0.3, 0.4) is 0 Å². The van der Waals surface area contributed by atoms with Gasteiger partial charge < -0.3 is 5.11 Å². The summed E-state index contributed by atoms with van der Waals surface area (Å²) in [5.41, 5.74) is 1.39. The van der Waals surface area contributed by atoms with Crippen molar-refractivity contribution < 1.29 is 13.5 Å². The van der Waals surface area contributed by atoms with Crippen molar-refractivity contribution in [3.63, 3.8) is 0 Å². The Balaban J connectivity index is 2.37. The van der Waals surface area contributed by atoms with Crippen molar-refractivity contribution in [3.05, 3.63) is 29.3 Å². The Morgan fingerprint density at radius 2 is 2.00 bits per heavy atom. The SMILES string of the molecule is Cc1ccc(S(C)(=O)=O)cc1CC1(O)CC1. The van der Waals surface area contributed by atoms with Crippen LogP contribution in [-0.2, 0) is 16.3 Å². The molecule has 0 atom stereocenters. The average Bonchev–Trinajstić information content (AvgIpc) is 2.86. The monoisotopic (exact) mass is 240 g/mol. The van der Waals surface area contributed by atoms with Crippen LogP contribution in [-0.4, -0.2) is 25.4 Å². The molecule has 0 heterocycles. The largest absolute Gasteiger partial charge is 0.390 e. The molecule has 88 valence electrons. The van der Waals surface area contributed by atoms with E-state index in [4.69, 9.17) is 0 Å². The second-order valence-corrected chi connectivity index (χ2v) is 6.78. The topological polar surface area (TPSA) is 54.4 Å². The van der Waals surface area contributed by atoms with E-state index >= 15 is 0 Å². The van der Waals surface area contributed by atoms with E-state index in [1.807, 2.05) is 6.92 Å². The van der Waals surface area contributed by atoms with Gasteiger partial charge in [-0.1, -0.05) is 6.07 Å². The molecule has 3 nitrogen and oxygen atoms in total. The summed E-state index contributed by atoms with van der Waals surface area (Å²) in [7, 11) is -3.16. The standard InChI is InChI=1S/C12H16O3S/c1-9-3-4-11(16(2,14)15)7-10(9)8-12(13)5-6-12/h3-4,7,13H,5-6,8H2,1-2H3. The number of rotatable bonds is 3. The molecule has 1 aromatic carbocycles. The fourth-order valence-electron chi connectivity index (χ4n) is 1.74. The molecule has 0 aliphatic heterocycles. The summed E-state index contributed by atoms with van der Waals surface area (Å²) >= 11 is 0. The van der Waals surface area contributed by atoms with Gasteiger partial charge in [0.15, 0.2) is 9.84 Å². The summed E-state index contributed by atoms with van der Waals surface area (Å²) in [4.78, 5) is 0.331. The predicted octanol–water partition coefficient (Wildman–Crippen LogP) is 1.47. The first-order valence-corrected chi connectivity index (χ1v) is 7.21. The van der Waals surface area contributed by atoms with Crippen molar-refractivity contribution in [2.75, 3.05) is 6.26 Å². The van der Waals surface area contributed by atoms with Crippen molar-refractivity contribution in [3.8, 4) is 0 Å². The van der Waals surface area contributed by atoms with Crippen LogP contribution in [0.5, 0.6) is 0 Å². The molecule has 1 N–H and O–H groups in total.